The van der Waals surface area contributed by atoms with Crippen LogP contribution in [-0.2, 0) is 20.4 Å². The first-order chi connectivity index (χ1) is 11.1. The number of amides is 2. The average Bonchev–Trinajstić information content (AvgIpc) is 2.43. The van der Waals surface area contributed by atoms with E-state index in [1.807, 2.05) is 13.8 Å². The molecule has 1 N–H and O–H groups in total. The van der Waals surface area contributed by atoms with Gasteiger partial charge < -0.3 is 15.0 Å². The Bertz CT molecular complexity index is 651. The highest BCUT2D eigenvalue weighted by atomic mass is 35.5. The molecule has 2 amide bonds. The van der Waals surface area contributed by atoms with E-state index < -0.39 is 16.7 Å². The summed E-state index contributed by atoms with van der Waals surface area (Å²) in [4.78, 5) is 24.8. The largest absolute Gasteiger partial charge is 0.489 e. The Kier molecular flexibility index (Phi) is 7.99. The minimum absolute atomic E-state index is 0.100. The molecule has 0 aliphatic heterocycles. The second-order valence-corrected chi connectivity index (χ2v) is 7.77. The summed E-state index contributed by atoms with van der Waals surface area (Å²) in [5.74, 6) is -0.955. The fourth-order valence-corrected chi connectivity index (χ4v) is 3.09. The molecule has 1 rings (SSSR count). The van der Waals surface area contributed by atoms with Gasteiger partial charge in [0.25, 0.3) is 0 Å². The van der Waals surface area contributed by atoms with Crippen LogP contribution >= 0.6 is 23.2 Å². The number of ether oxygens (including phenoxy) is 1. The zero-order valence-electron chi connectivity index (χ0n) is 13.9. The molecule has 0 aliphatic carbocycles. The lowest BCUT2D eigenvalue weighted by Gasteiger charge is -2.14. The van der Waals surface area contributed by atoms with Crippen LogP contribution in [0.15, 0.2) is 12.1 Å². The molecular weight excluding hydrogens is 375 g/mol. The number of benzene rings is 1. The molecule has 6 nitrogen and oxygen atoms in total. The molecule has 9 heteroatoms. The third-order valence-electron chi connectivity index (χ3n) is 2.73. The fourth-order valence-electron chi connectivity index (χ4n) is 1.62. The van der Waals surface area contributed by atoms with E-state index in [9.17, 15) is 13.8 Å². The highest BCUT2D eigenvalue weighted by Crippen LogP contribution is 2.34. The molecule has 0 aromatic heterocycles. The Morgan fingerprint density at radius 3 is 2.38 bits per heavy atom. The lowest BCUT2D eigenvalue weighted by molar-refractivity contribution is -0.125. The van der Waals surface area contributed by atoms with Crippen molar-refractivity contribution in [1.29, 1.82) is 0 Å². The molecule has 0 radical (unpaired) electrons. The number of rotatable bonds is 7. The van der Waals surface area contributed by atoms with Gasteiger partial charge in [-0.15, -0.1) is 0 Å². The number of hydrogen-bond acceptors (Lipinski definition) is 4. The van der Waals surface area contributed by atoms with Crippen molar-refractivity contribution in [3.63, 3.8) is 0 Å². The summed E-state index contributed by atoms with van der Waals surface area (Å²) in [5.41, 5.74) is 0.303. The van der Waals surface area contributed by atoms with Crippen LogP contribution in [0.5, 0.6) is 5.75 Å². The van der Waals surface area contributed by atoms with E-state index in [-0.39, 0.29) is 28.5 Å². The van der Waals surface area contributed by atoms with E-state index in [0.717, 1.165) is 0 Å². The molecule has 134 valence electrons. The molecule has 0 bridgehead atoms. The van der Waals surface area contributed by atoms with E-state index in [0.29, 0.717) is 16.5 Å². The summed E-state index contributed by atoms with van der Waals surface area (Å²) in [5, 5.41) is 3.12. The maximum atomic E-state index is 12.0. The van der Waals surface area contributed by atoms with E-state index in [1.54, 1.807) is 14.1 Å². The summed E-state index contributed by atoms with van der Waals surface area (Å²) in [6.07, 6.45) is -0.100. The number of carbonyl (C=O) groups excluding carboxylic acids is 2. The van der Waals surface area contributed by atoms with Gasteiger partial charge in [-0.05, 0) is 19.9 Å². The Balaban J connectivity index is 2.76. The predicted molar refractivity (Wildman–Crippen MR) is 97.4 cm³/mol. The molecule has 1 aromatic rings. The molecule has 0 heterocycles. The first-order valence-corrected chi connectivity index (χ1v) is 9.35. The van der Waals surface area contributed by atoms with Crippen molar-refractivity contribution in [1.82, 2.24) is 4.90 Å². The van der Waals surface area contributed by atoms with Crippen LogP contribution < -0.4 is 10.1 Å². The van der Waals surface area contributed by atoms with Gasteiger partial charge in [-0.2, -0.15) is 0 Å². The van der Waals surface area contributed by atoms with E-state index in [1.165, 1.54) is 17.0 Å². The average molecular weight is 395 g/mol. The number of anilines is 1. The third-order valence-corrected chi connectivity index (χ3v) is 4.49. The topological polar surface area (TPSA) is 75.7 Å². The SMILES string of the molecule is CC(C)Oc1cc(NC(=O)C[S@](=O)CC(=O)N(C)C)c(Cl)cc1Cl. The number of carbonyl (C=O) groups is 2. The van der Waals surface area contributed by atoms with E-state index in [2.05, 4.69) is 5.32 Å². The lowest BCUT2D eigenvalue weighted by atomic mass is 10.3. The molecule has 0 fully saturated rings. The first kappa shape index (κ1) is 20.7. The molecule has 1 aromatic carbocycles. The Morgan fingerprint density at radius 1 is 1.21 bits per heavy atom. The van der Waals surface area contributed by atoms with Gasteiger partial charge in [0.1, 0.15) is 17.3 Å². The molecular formula is C15H20Cl2N2O4S. The van der Waals surface area contributed by atoms with Gasteiger partial charge >= 0.3 is 0 Å². The van der Waals surface area contributed by atoms with Crippen LogP contribution in [0.1, 0.15) is 13.8 Å². The Morgan fingerprint density at radius 2 is 1.83 bits per heavy atom. The molecule has 0 saturated heterocycles. The quantitative estimate of drug-likeness (QED) is 0.770. The third kappa shape index (κ3) is 6.67. The van der Waals surface area contributed by atoms with Crippen molar-refractivity contribution in [2.75, 3.05) is 30.9 Å². The number of hydrogen-bond donors (Lipinski definition) is 1. The second-order valence-electron chi connectivity index (χ2n) is 5.49. The maximum absolute atomic E-state index is 12.0. The van der Waals surface area contributed by atoms with Gasteiger partial charge in [0, 0.05) is 31.0 Å². The molecule has 1 atom stereocenters. The Labute approximate surface area is 153 Å². The zero-order chi connectivity index (χ0) is 18.4. The van der Waals surface area contributed by atoms with Crippen molar-refractivity contribution in [2.45, 2.75) is 20.0 Å². The smallest absolute Gasteiger partial charge is 0.237 e. The highest BCUT2D eigenvalue weighted by Gasteiger charge is 2.16. The van der Waals surface area contributed by atoms with Crippen LogP contribution in [0, 0.1) is 0 Å². The highest BCUT2D eigenvalue weighted by molar-refractivity contribution is 7.86. The molecule has 0 unspecified atom stereocenters. The second kappa shape index (κ2) is 9.25. The van der Waals surface area contributed by atoms with Crippen molar-refractivity contribution >= 4 is 51.5 Å². The summed E-state index contributed by atoms with van der Waals surface area (Å²) in [6, 6.07) is 2.97. The Hall–Kier alpha value is -1.31. The molecule has 0 spiro atoms. The lowest BCUT2D eigenvalue weighted by Crippen LogP contribution is -2.30. The van der Waals surface area contributed by atoms with Gasteiger partial charge in [-0.3, -0.25) is 13.8 Å². The summed E-state index contributed by atoms with van der Waals surface area (Å²) >= 11 is 12.1. The van der Waals surface area contributed by atoms with Gasteiger partial charge in [-0.25, -0.2) is 0 Å². The summed E-state index contributed by atoms with van der Waals surface area (Å²) in [6.45, 7) is 3.68. The van der Waals surface area contributed by atoms with Gasteiger partial charge in [-0.1, -0.05) is 23.2 Å². The van der Waals surface area contributed by atoms with Crippen LogP contribution in [0.4, 0.5) is 5.69 Å². The molecule has 0 aliphatic rings. The standard InChI is InChI=1S/C15H20Cl2N2O4S/c1-9(2)23-13-6-12(10(16)5-11(13)17)18-14(20)7-24(22)8-15(21)19(3)4/h5-6,9H,7-8H2,1-4H3,(H,18,20)/t24-/m0/s1. The molecule has 0 saturated carbocycles. The van der Waals surface area contributed by atoms with E-state index in [4.69, 9.17) is 27.9 Å². The first-order valence-electron chi connectivity index (χ1n) is 7.10. The molecule has 24 heavy (non-hydrogen) atoms. The van der Waals surface area contributed by atoms with Gasteiger partial charge in [0.2, 0.25) is 11.8 Å². The maximum Gasteiger partial charge on any atom is 0.237 e. The zero-order valence-corrected chi connectivity index (χ0v) is 16.2. The van der Waals surface area contributed by atoms with Gasteiger partial charge in [0.05, 0.1) is 21.8 Å². The fraction of sp³-hybridized carbons (Fsp3) is 0.467. The number of halogens is 2. The number of nitrogens with one attached hydrogen (secondary N) is 1. The van der Waals surface area contributed by atoms with E-state index >= 15 is 0 Å². The van der Waals surface area contributed by atoms with Crippen LogP contribution in [0.25, 0.3) is 0 Å². The van der Waals surface area contributed by atoms with Crippen molar-refractivity contribution in [3.05, 3.63) is 22.2 Å². The minimum Gasteiger partial charge on any atom is -0.489 e. The number of nitrogens with zero attached hydrogens (tertiary/aromatic N) is 1. The van der Waals surface area contributed by atoms with Crippen molar-refractivity contribution < 1.29 is 18.5 Å². The summed E-state index contributed by atoms with van der Waals surface area (Å²) in [7, 11) is 1.51. The van der Waals surface area contributed by atoms with Crippen molar-refractivity contribution in [3.8, 4) is 5.75 Å². The predicted octanol–water partition coefficient (Wildman–Crippen LogP) is 2.56. The normalized spacial score (nSPS) is 12.0. The van der Waals surface area contributed by atoms with Gasteiger partial charge in [0.15, 0.2) is 0 Å². The van der Waals surface area contributed by atoms with Crippen LogP contribution in [0.3, 0.4) is 0 Å². The van der Waals surface area contributed by atoms with Crippen molar-refractivity contribution in [2.24, 2.45) is 0 Å². The minimum atomic E-state index is -1.60. The van der Waals surface area contributed by atoms with Crippen LogP contribution in [0.2, 0.25) is 10.0 Å². The monoisotopic (exact) mass is 394 g/mol. The van der Waals surface area contributed by atoms with Crippen LogP contribution in [-0.4, -0.2) is 52.6 Å². The summed E-state index contributed by atoms with van der Waals surface area (Å²) < 4.78 is 17.4.